The molecule has 4 nitrogen and oxygen atoms in total. The molecule has 2 rings (SSSR count). The minimum absolute atomic E-state index is 0.580. The molecule has 0 spiro atoms. The summed E-state index contributed by atoms with van der Waals surface area (Å²) in [7, 11) is 0. The van der Waals surface area contributed by atoms with E-state index in [2.05, 4.69) is 15.2 Å². The summed E-state index contributed by atoms with van der Waals surface area (Å²) in [5.41, 5.74) is 6.69. The second kappa shape index (κ2) is 5.96. The van der Waals surface area contributed by atoms with E-state index in [1.807, 2.05) is 23.9 Å². The summed E-state index contributed by atoms with van der Waals surface area (Å²) in [4.78, 5) is 6.53. The van der Waals surface area contributed by atoms with Crippen molar-refractivity contribution in [2.45, 2.75) is 0 Å². The molecule has 5 heteroatoms. The van der Waals surface area contributed by atoms with Gasteiger partial charge in [-0.1, -0.05) is 0 Å². The van der Waals surface area contributed by atoms with Crippen molar-refractivity contribution in [2.75, 3.05) is 48.7 Å². The van der Waals surface area contributed by atoms with Gasteiger partial charge >= 0.3 is 0 Å². The van der Waals surface area contributed by atoms with E-state index >= 15 is 0 Å². The van der Waals surface area contributed by atoms with Gasteiger partial charge in [-0.15, -0.1) is 0 Å². The Morgan fingerprint density at radius 1 is 1.44 bits per heavy atom. The van der Waals surface area contributed by atoms with Crippen molar-refractivity contribution in [2.24, 2.45) is 0 Å². The van der Waals surface area contributed by atoms with E-state index < -0.39 is 0 Å². The summed E-state index contributed by atoms with van der Waals surface area (Å²) in [5, 5.41) is 3.32. The minimum atomic E-state index is 0.580. The lowest BCUT2D eigenvalue weighted by Gasteiger charge is -2.26. The Kier molecular flexibility index (Phi) is 4.30. The molecule has 2 heterocycles. The van der Waals surface area contributed by atoms with Crippen molar-refractivity contribution in [3.05, 3.63) is 18.3 Å². The molecule has 88 valence electrons. The van der Waals surface area contributed by atoms with Gasteiger partial charge in [0.25, 0.3) is 0 Å². The highest BCUT2D eigenvalue weighted by molar-refractivity contribution is 7.99. The average Bonchev–Trinajstić information content (AvgIpc) is 2.33. The van der Waals surface area contributed by atoms with Crippen LogP contribution in [0, 0.1) is 0 Å². The summed E-state index contributed by atoms with van der Waals surface area (Å²) >= 11 is 2.04. The zero-order valence-corrected chi connectivity index (χ0v) is 10.2. The van der Waals surface area contributed by atoms with Crippen LogP contribution in [-0.4, -0.2) is 47.6 Å². The molecule has 16 heavy (non-hydrogen) atoms. The zero-order valence-electron chi connectivity index (χ0n) is 9.35. The molecule has 1 aromatic heterocycles. The lowest BCUT2D eigenvalue weighted by molar-refractivity contribution is 0.314. The maximum absolute atomic E-state index is 5.75. The number of pyridine rings is 1. The monoisotopic (exact) mass is 238 g/mol. The van der Waals surface area contributed by atoms with Crippen molar-refractivity contribution in [1.29, 1.82) is 0 Å². The number of hydrogen-bond acceptors (Lipinski definition) is 5. The summed E-state index contributed by atoms with van der Waals surface area (Å²) in [5.74, 6) is 3.10. The fourth-order valence-electron chi connectivity index (χ4n) is 1.74. The van der Waals surface area contributed by atoms with Crippen LogP contribution in [-0.2, 0) is 0 Å². The second-order valence-electron chi connectivity index (χ2n) is 3.82. The molecule has 3 N–H and O–H groups in total. The van der Waals surface area contributed by atoms with Crippen LogP contribution in [0.2, 0.25) is 0 Å². The summed E-state index contributed by atoms with van der Waals surface area (Å²) in [6.07, 6.45) is 1.71. The number of rotatable bonds is 4. The Hall–Kier alpha value is -0.940. The third-order valence-electron chi connectivity index (χ3n) is 2.69. The first-order chi connectivity index (χ1) is 7.86. The summed E-state index contributed by atoms with van der Waals surface area (Å²) in [6, 6.07) is 3.87. The van der Waals surface area contributed by atoms with Gasteiger partial charge in [0.1, 0.15) is 5.82 Å². The average molecular weight is 238 g/mol. The van der Waals surface area contributed by atoms with E-state index in [9.17, 15) is 0 Å². The van der Waals surface area contributed by atoms with Gasteiger partial charge in [0.15, 0.2) is 0 Å². The molecule has 1 saturated heterocycles. The lowest BCUT2D eigenvalue weighted by Crippen LogP contribution is -2.36. The highest BCUT2D eigenvalue weighted by Gasteiger charge is 2.09. The Morgan fingerprint density at radius 3 is 3.00 bits per heavy atom. The molecule has 1 aromatic rings. The predicted octanol–water partition coefficient (Wildman–Crippen LogP) is 1.12. The molecule has 0 atom stereocenters. The quantitative estimate of drug-likeness (QED) is 0.823. The van der Waals surface area contributed by atoms with Crippen LogP contribution < -0.4 is 11.1 Å². The first kappa shape index (κ1) is 11.5. The Bertz CT molecular complexity index is 326. The van der Waals surface area contributed by atoms with E-state index in [1.54, 1.807) is 6.20 Å². The number of nitrogens with two attached hydrogens (primary N) is 1. The number of nitrogens with one attached hydrogen (secondary N) is 1. The van der Waals surface area contributed by atoms with E-state index in [-0.39, 0.29) is 0 Å². The van der Waals surface area contributed by atoms with Crippen LogP contribution in [0.5, 0.6) is 0 Å². The number of anilines is 2. The lowest BCUT2D eigenvalue weighted by atomic mass is 10.3. The Morgan fingerprint density at radius 2 is 2.25 bits per heavy atom. The molecule has 0 aliphatic carbocycles. The van der Waals surface area contributed by atoms with Gasteiger partial charge in [-0.2, -0.15) is 11.8 Å². The Labute approximate surface area is 101 Å². The van der Waals surface area contributed by atoms with Gasteiger partial charge < -0.3 is 11.1 Å². The van der Waals surface area contributed by atoms with E-state index in [0.717, 1.165) is 18.8 Å². The van der Waals surface area contributed by atoms with Crippen LogP contribution >= 0.6 is 11.8 Å². The molecule has 0 unspecified atom stereocenters. The molecule has 1 fully saturated rings. The molecule has 1 aliphatic heterocycles. The van der Waals surface area contributed by atoms with Crippen LogP contribution in [0.3, 0.4) is 0 Å². The summed E-state index contributed by atoms with van der Waals surface area (Å²) < 4.78 is 0. The molecule has 0 amide bonds. The molecule has 0 saturated carbocycles. The van der Waals surface area contributed by atoms with Crippen molar-refractivity contribution in [1.82, 2.24) is 9.88 Å². The van der Waals surface area contributed by atoms with Gasteiger partial charge in [0.05, 0.1) is 5.69 Å². The number of aromatic nitrogens is 1. The molecular weight excluding hydrogens is 220 g/mol. The van der Waals surface area contributed by atoms with Gasteiger partial charge in [0, 0.05) is 43.9 Å². The fourth-order valence-corrected chi connectivity index (χ4v) is 2.72. The van der Waals surface area contributed by atoms with Crippen molar-refractivity contribution >= 4 is 23.3 Å². The first-order valence-electron chi connectivity index (χ1n) is 5.61. The number of nitrogen functional groups attached to an aromatic ring is 1. The summed E-state index contributed by atoms with van der Waals surface area (Å²) in [6.45, 7) is 4.42. The maximum Gasteiger partial charge on any atom is 0.146 e. The zero-order chi connectivity index (χ0) is 11.2. The van der Waals surface area contributed by atoms with Crippen LogP contribution in [0.25, 0.3) is 0 Å². The molecule has 0 radical (unpaired) electrons. The van der Waals surface area contributed by atoms with Crippen LogP contribution in [0.15, 0.2) is 18.3 Å². The van der Waals surface area contributed by atoms with E-state index in [1.165, 1.54) is 24.6 Å². The van der Waals surface area contributed by atoms with Crippen molar-refractivity contribution in [3.63, 3.8) is 0 Å². The Balaban J connectivity index is 1.73. The molecule has 1 aliphatic rings. The third kappa shape index (κ3) is 3.28. The minimum Gasteiger partial charge on any atom is -0.382 e. The number of nitrogens with zero attached hydrogens (tertiary/aromatic N) is 2. The fraction of sp³-hybridized carbons (Fsp3) is 0.545. The highest BCUT2D eigenvalue weighted by atomic mass is 32.2. The number of hydrogen-bond donors (Lipinski definition) is 2. The third-order valence-corrected chi connectivity index (χ3v) is 3.63. The SMILES string of the molecule is Nc1ncccc1NCCN1CCSCC1. The van der Waals surface area contributed by atoms with Gasteiger partial charge in [-0.25, -0.2) is 4.98 Å². The van der Waals surface area contributed by atoms with Crippen molar-refractivity contribution in [3.8, 4) is 0 Å². The largest absolute Gasteiger partial charge is 0.382 e. The normalized spacial score (nSPS) is 17.2. The predicted molar refractivity (Wildman–Crippen MR) is 70.9 cm³/mol. The maximum atomic E-state index is 5.75. The van der Waals surface area contributed by atoms with E-state index in [0.29, 0.717) is 5.82 Å². The first-order valence-corrected chi connectivity index (χ1v) is 6.76. The standard InChI is InChI=1S/C11H18N4S/c12-11-10(2-1-3-14-11)13-4-5-15-6-8-16-9-7-15/h1-3,13H,4-9H2,(H2,12,14). The van der Waals surface area contributed by atoms with Gasteiger partial charge in [-0.3, -0.25) is 4.90 Å². The smallest absolute Gasteiger partial charge is 0.146 e. The molecule has 0 aromatic carbocycles. The van der Waals surface area contributed by atoms with Crippen molar-refractivity contribution < 1.29 is 0 Å². The highest BCUT2D eigenvalue weighted by Crippen LogP contribution is 2.13. The second-order valence-corrected chi connectivity index (χ2v) is 5.04. The topological polar surface area (TPSA) is 54.2 Å². The van der Waals surface area contributed by atoms with Gasteiger partial charge in [-0.05, 0) is 12.1 Å². The van der Waals surface area contributed by atoms with E-state index in [4.69, 9.17) is 5.73 Å². The molecular formula is C11H18N4S. The van der Waals surface area contributed by atoms with Crippen LogP contribution in [0.1, 0.15) is 0 Å². The number of thioether (sulfide) groups is 1. The van der Waals surface area contributed by atoms with Crippen LogP contribution in [0.4, 0.5) is 11.5 Å². The molecule has 0 bridgehead atoms. The van der Waals surface area contributed by atoms with Gasteiger partial charge in [0.2, 0.25) is 0 Å².